The predicted octanol–water partition coefficient (Wildman–Crippen LogP) is 6.26. The Balaban J connectivity index is 1.97. The fraction of sp³-hybridized carbons (Fsp3) is 0.130. The van der Waals surface area contributed by atoms with Gasteiger partial charge < -0.3 is 9.88 Å². The van der Waals surface area contributed by atoms with Crippen LogP contribution in [0.2, 0.25) is 10.0 Å². The summed E-state index contributed by atoms with van der Waals surface area (Å²) in [4.78, 5) is 12.7. The number of aromatic nitrogens is 1. The minimum atomic E-state index is -0.486. The van der Waals surface area contributed by atoms with Gasteiger partial charge in [-0.2, -0.15) is 5.26 Å². The quantitative estimate of drug-likeness (QED) is 0.397. The van der Waals surface area contributed by atoms with E-state index in [1.807, 2.05) is 61.7 Å². The fourth-order valence-corrected chi connectivity index (χ4v) is 3.57. The molecule has 2 aromatic carbocycles. The van der Waals surface area contributed by atoms with Gasteiger partial charge in [0.2, 0.25) is 0 Å². The molecule has 3 rings (SSSR count). The monoisotopic (exact) mass is 423 g/mol. The highest BCUT2D eigenvalue weighted by Crippen LogP contribution is 2.28. The summed E-state index contributed by atoms with van der Waals surface area (Å²) in [5, 5.41) is 13.5. The number of hydrogen-bond acceptors (Lipinski definition) is 2. The Bertz CT molecular complexity index is 1170. The number of amides is 1. The molecule has 146 valence electrons. The first-order valence-electron chi connectivity index (χ1n) is 8.95. The van der Waals surface area contributed by atoms with Gasteiger partial charge in [0, 0.05) is 22.1 Å². The minimum Gasteiger partial charge on any atom is -0.321 e. The van der Waals surface area contributed by atoms with Crippen molar-refractivity contribution >= 4 is 40.9 Å². The maximum absolute atomic E-state index is 12.7. The van der Waals surface area contributed by atoms with E-state index in [4.69, 9.17) is 23.2 Å². The van der Waals surface area contributed by atoms with Gasteiger partial charge in [-0.3, -0.25) is 4.79 Å². The van der Waals surface area contributed by atoms with Crippen molar-refractivity contribution in [2.24, 2.45) is 0 Å². The molecule has 0 bridgehead atoms. The number of aryl methyl sites for hydroxylation is 1. The first kappa shape index (κ1) is 20.7. The Kier molecular flexibility index (Phi) is 6.12. The lowest BCUT2D eigenvalue weighted by Crippen LogP contribution is -2.14. The molecule has 0 radical (unpaired) electrons. The number of nitrogens with zero attached hydrogens (tertiary/aromatic N) is 2. The van der Waals surface area contributed by atoms with Crippen LogP contribution in [0.5, 0.6) is 0 Å². The number of rotatable bonds is 4. The van der Waals surface area contributed by atoms with Crippen LogP contribution in [0.3, 0.4) is 0 Å². The van der Waals surface area contributed by atoms with Crippen molar-refractivity contribution in [3.05, 3.63) is 86.7 Å². The van der Waals surface area contributed by atoms with E-state index in [-0.39, 0.29) is 5.57 Å². The Morgan fingerprint density at radius 3 is 2.45 bits per heavy atom. The molecule has 0 saturated heterocycles. The van der Waals surface area contributed by atoms with Crippen molar-refractivity contribution < 1.29 is 4.79 Å². The molecule has 0 saturated carbocycles. The van der Waals surface area contributed by atoms with Crippen LogP contribution in [-0.2, 0) is 4.79 Å². The molecule has 3 aromatic rings. The second-order valence-corrected chi connectivity index (χ2v) is 7.46. The Morgan fingerprint density at radius 1 is 1.07 bits per heavy atom. The molecule has 0 aliphatic rings. The lowest BCUT2D eigenvalue weighted by molar-refractivity contribution is -0.112. The summed E-state index contributed by atoms with van der Waals surface area (Å²) in [6.07, 6.45) is 1.59. The first-order valence-corrected chi connectivity index (χ1v) is 9.71. The third kappa shape index (κ3) is 4.22. The molecule has 6 heteroatoms. The van der Waals surface area contributed by atoms with E-state index < -0.39 is 5.91 Å². The minimum absolute atomic E-state index is 0.00350. The van der Waals surface area contributed by atoms with Crippen LogP contribution in [0, 0.1) is 32.1 Å². The van der Waals surface area contributed by atoms with E-state index in [2.05, 4.69) is 5.32 Å². The number of anilines is 1. The van der Waals surface area contributed by atoms with Gasteiger partial charge in [-0.25, -0.2) is 0 Å². The number of halogens is 2. The summed E-state index contributed by atoms with van der Waals surface area (Å²) in [7, 11) is 0. The van der Waals surface area contributed by atoms with Gasteiger partial charge in [-0.1, -0.05) is 41.4 Å². The van der Waals surface area contributed by atoms with E-state index in [1.165, 1.54) is 0 Å². The van der Waals surface area contributed by atoms with Gasteiger partial charge in [0.05, 0.1) is 10.7 Å². The third-order valence-electron chi connectivity index (χ3n) is 4.74. The van der Waals surface area contributed by atoms with E-state index in [0.717, 1.165) is 28.2 Å². The van der Waals surface area contributed by atoms with Crippen LogP contribution < -0.4 is 5.32 Å². The lowest BCUT2D eigenvalue weighted by Gasteiger charge is -2.11. The molecule has 0 atom stereocenters. The highest BCUT2D eigenvalue weighted by atomic mass is 35.5. The van der Waals surface area contributed by atoms with Crippen LogP contribution in [0.1, 0.15) is 22.5 Å². The van der Waals surface area contributed by atoms with Crippen molar-refractivity contribution in [2.75, 3.05) is 5.32 Å². The average Bonchev–Trinajstić information content (AvgIpc) is 2.97. The van der Waals surface area contributed by atoms with Crippen LogP contribution in [0.4, 0.5) is 5.69 Å². The van der Waals surface area contributed by atoms with E-state index in [9.17, 15) is 10.1 Å². The highest BCUT2D eigenvalue weighted by Gasteiger charge is 2.16. The molecule has 1 heterocycles. The zero-order chi connectivity index (χ0) is 21.1. The average molecular weight is 424 g/mol. The molecular weight excluding hydrogens is 405 g/mol. The first-order chi connectivity index (χ1) is 13.8. The van der Waals surface area contributed by atoms with E-state index in [1.54, 1.807) is 24.3 Å². The zero-order valence-corrected chi connectivity index (χ0v) is 17.8. The third-order valence-corrected chi connectivity index (χ3v) is 5.47. The number of carbonyl (C=O) groups is 1. The smallest absolute Gasteiger partial charge is 0.266 e. The van der Waals surface area contributed by atoms with Crippen LogP contribution >= 0.6 is 23.2 Å². The SMILES string of the molecule is Cc1c(Cl)cccc1NC(=O)/C(C#N)=C\c1cc(C)n(-c2ccccc2Cl)c1C. The number of para-hydroxylation sites is 1. The van der Waals surface area contributed by atoms with Gasteiger partial charge in [-0.05, 0) is 68.3 Å². The molecule has 0 unspecified atom stereocenters. The summed E-state index contributed by atoms with van der Waals surface area (Å²) in [5.41, 5.74) is 4.78. The lowest BCUT2D eigenvalue weighted by atomic mass is 10.1. The topological polar surface area (TPSA) is 57.8 Å². The summed E-state index contributed by atoms with van der Waals surface area (Å²) in [5.74, 6) is -0.486. The maximum Gasteiger partial charge on any atom is 0.266 e. The molecule has 0 fully saturated rings. The number of nitriles is 1. The van der Waals surface area contributed by atoms with Crippen molar-refractivity contribution in [1.82, 2.24) is 4.57 Å². The second kappa shape index (κ2) is 8.57. The Labute approximate surface area is 180 Å². The number of nitrogens with one attached hydrogen (secondary N) is 1. The molecular formula is C23H19Cl2N3O. The fourth-order valence-electron chi connectivity index (χ4n) is 3.17. The van der Waals surface area contributed by atoms with Crippen molar-refractivity contribution in [2.45, 2.75) is 20.8 Å². The summed E-state index contributed by atoms with van der Waals surface area (Å²) in [6.45, 7) is 5.69. The molecule has 0 aliphatic carbocycles. The standard InChI is InChI=1S/C23H19Cl2N3O/c1-14-11-17(16(3)28(14)22-10-5-4-7-20(22)25)12-18(13-26)23(29)27-21-9-6-8-19(24)15(21)2/h4-12H,1-3H3,(H,27,29)/b18-12-. The van der Waals surface area contributed by atoms with Gasteiger partial charge in [0.25, 0.3) is 5.91 Å². The normalized spacial score (nSPS) is 11.2. The summed E-state index contributed by atoms with van der Waals surface area (Å²) >= 11 is 12.5. The molecule has 0 spiro atoms. The highest BCUT2D eigenvalue weighted by molar-refractivity contribution is 6.32. The predicted molar refractivity (Wildman–Crippen MR) is 119 cm³/mol. The molecule has 1 aromatic heterocycles. The van der Waals surface area contributed by atoms with Crippen molar-refractivity contribution in [1.29, 1.82) is 5.26 Å². The Morgan fingerprint density at radius 2 is 1.76 bits per heavy atom. The number of benzene rings is 2. The van der Waals surface area contributed by atoms with Gasteiger partial charge in [0.1, 0.15) is 11.6 Å². The Hall–Kier alpha value is -3.00. The van der Waals surface area contributed by atoms with Gasteiger partial charge in [-0.15, -0.1) is 0 Å². The molecule has 4 nitrogen and oxygen atoms in total. The second-order valence-electron chi connectivity index (χ2n) is 6.65. The van der Waals surface area contributed by atoms with Crippen molar-refractivity contribution in [3.63, 3.8) is 0 Å². The van der Waals surface area contributed by atoms with E-state index >= 15 is 0 Å². The maximum atomic E-state index is 12.7. The summed E-state index contributed by atoms with van der Waals surface area (Å²) < 4.78 is 2.00. The van der Waals surface area contributed by atoms with Crippen LogP contribution in [-0.4, -0.2) is 10.5 Å². The zero-order valence-electron chi connectivity index (χ0n) is 16.3. The van der Waals surface area contributed by atoms with Crippen LogP contribution in [0.25, 0.3) is 11.8 Å². The summed E-state index contributed by atoms with van der Waals surface area (Å²) in [6, 6.07) is 16.7. The largest absolute Gasteiger partial charge is 0.321 e. The molecule has 1 N–H and O–H groups in total. The van der Waals surface area contributed by atoms with Gasteiger partial charge in [0.15, 0.2) is 0 Å². The molecule has 29 heavy (non-hydrogen) atoms. The molecule has 0 aliphatic heterocycles. The number of carbonyl (C=O) groups excluding carboxylic acids is 1. The van der Waals surface area contributed by atoms with Gasteiger partial charge >= 0.3 is 0 Å². The van der Waals surface area contributed by atoms with E-state index in [0.29, 0.717) is 15.7 Å². The molecule has 1 amide bonds. The number of hydrogen-bond donors (Lipinski definition) is 1. The van der Waals surface area contributed by atoms with Crippen LogP contribution in [0.15, 0.2) is 54.1 Å². The van der Waals surface area contributed by atoms with Crippen molar-refractivity contribution in [3.8, 4) is 11.8 Å².